The van der Waals surface area contributed by atoms with Crippen molar-refractivity contribution in [3.8, 4) is 0 Å². The summed E-state index contributed by atoms with van der Waals surface area (Å²) in [6, 6.07) is 5.08. The molecule has 1 aromatic carbocycles. The quantitative estimate of drug-likeness (QED) is 0.794. The standard InChI is InChI=1S/C14H19ClN2O/c1-9-5-6-17(8-10(9)2)14(18)11-3-4-13(16)12(15)7-11/h3-4,7,9-10H,5-6,8,16H2,1-2H3. The third-order valence-electron chi connectivity index (χ3n) is 3.87. The molecule has 1 aliphatic heterocycles. The lowest BCUT2D eigenvalue weighted by Crippen LogP contribution is -2.42. The molecule has 0 radical (unpaired) electrons. The fraction of sp³-hybridized carbons (Fsp3) is 0.500. The second kappa shape index (κ2) is 5.19. The Morgan fingerprint density at radius 3 is 2.72 bits per heavy atom. The fourth-order valence-electron chi connectivity index (χ4n) is 2.29. The molecule has 98 valence electrons. The molecule has 2 atom stereocenters. The van der Waals surface area contributed by atoms with Crippen molar-refractivity contribution in [2.24, 2.45) is 11.8 Å². The van der Waals surface area contributed by atoms with Crippen LogP contribution in [-0.4, -0.2) is 23.9 Å². The van der Waals surface area contributed by atoms with Gasteiger partial charge >= 0.3 is 0 Å². The van der Waals surface area contributed by atoms with E-state index in [-0.39, 0.29) is 5.91 Å². The molecule has 1 heterocycles. The van der Waals surface area contributed by atoms with E-state index < -0.39 is 0 Å². The summed E-state index contributed by atoms with van der Waals surface area (Å²) < 4.78 is 0. The number of piperidine rings is 1. The van der Waals surface area contributed by atoms with E-state index in [1.165, 1.54) is 0 Å². The van der Waals surface area contributed by atoms with Gasteiger partial charge in [0.05, 0.1) is 10.7 Å². The van der Waals surface area contributed by atoms with Gasteiger partial charge in [0.2, 0.25) is 0 Å². The minimum absolute atomic E-state index is 0.0515. The van der Waals surface area contributed by atoms with Crippen LogP contribution in [0.4, 0.5) is 5.69 Å². The summed E-state index contributed by atoms with van der Waals surface area (Å²) in [7, 11) is 0. The van der Waals surface area contributed by atoms with Crippen LogP contribution in [0.3, 0.4) is 0 Å². The Morgan fingerprint density at radius 2 is 2.11 bits per heavy atom. The van der Waals surface area contributed by atoms with Crippen molar-refractivity contribution in [3.63, 3.8) is 0 Å². The van der Waals surface area contributed by atoms with Crippen molar-refractivity contribution in [3.05, 3.63) is 28.8 Å². The lowest BCUT2D eigenvalue weighted by Gasteiger charge is -2.35. The third-order valence-corrected chi connectivity index (χ3v) is 4.20. The molecule has 2 unspecified atom stereocenters. The second-order valence-corrected chi connectivity index (χ2v) is 5.64. The Kier molecular flexibility index (Phi) is 3.81. The van der Waals surface area contributed by atoms with Crippen LogP contribution in [0.2, 0.25) is 5.02 Å². The molecule has 1 aromatic rings. The lowest BCUT2D eigenvalue weighted by atomic mass is 9.88. The minimum atomic E-state index is 0.0515. The van der Waals surface area contributed by atoms with Gasteiger partial charge in [-0.15, -0.1) is 0 Å². The number of amides is 1. The van der Waals surface area contributed by atoms with E-state index in [1.807, 2.05) is 4.90 Å². The smallest absolute Gasteiger partial charge is 0.253 e. The molecule has 1 saturated heterocycles. The van der Waals surface area contributed by atoms with E-state index in [2.05, 4.69) is 13.8 Å². The number of nitrogens with two attached hydrogens (primary N) is 1. The zero-order valence-electron chi connectivity index (χ0n) is 10.8. The molecular weight excluding hydrogens is 248 g/mol. The SMILES string of the molecule is CC1CCN(C(=O)c2ccc(N)c(Cl)c2)CC1C. The van der Waals surface area contributed by atoms with Gasteiger partial charge in [0.15, 0.2) is 0 Å². The van der Waals surface area contributed by atoms with Gasteiger partial charge < -0.3 is 10.6 Å². The van der Waals surface area contributed by atoms with Gasteiger partial charge in [-0.2, -0.15) is 0 Å². The largest absolute Gasteiger partial charge is 0.398 e. The molecule has 2 rings (SSSR count). The number of rotatable bonds is 1. The number of anilines is 1. The molecule has 0 aromatic heterocycles. The summed E-state index contributed by atoms with van der Waals surface area (Å²) in [6.07, 6.45) is 1.07. The average molecular weight is 267 g/mol. The fourth-order valence-corrected chi connectivity index (χ4v) is 2.47. The third kappa shape index (κ3) is 2.61. The highest BCUT2D eigenvalue weighted by molar-refractivity contribution is 6.33. The Balaban J connectivity index is 2.14. The van der Waals surface area contributed by atoms with Gasteiger partial charge in [0.1, 0.15) is 0 Å². The van der Waals surface area contributed by atoms with Gasteiger partial charge in [-0.3, -0.25) is 4.79 Å². The molecule has 4 heteroatoms. The first-order valence-electron chi connectivity index (χ1n) is 6.33. The van der Waals surface area contributed by atoms with Crippen molar-refractivity contribution in [1.29, 1.82) is 0 Å². The molecule has 18 heavy (non-hydrogen) atoms. The number of hydrogen-bond acceptors (Lipinski definition) is 2. The summed E-state index contributed by atoms with van der Waals surface area (Å²) >= 11 is 5.95. The van der Waals surface area contributed by atoms with Crippen molar-refractivity contribution in [2.75, 3.05) is 18.8 Å². The Hall–Kier alpha value is -1.22. The molecule has 3 nitrogen and oxygen atoms in total. The highest BCUT2D eigenvalue weighted by atomic mass is 35.5. The molecule has 0 bridgehead atoms. The van der Waals surface area contributed by atoms with Crippen LogP contribution in [0.1, 0.15) is 30.6 Å². The first kappa shape index (κ1) is 13.2. The Morgan fingerprint density at radius 1 is 1.39 bits per heavy atom. The number of hydrogen-bond donors (Lipinski definition) is 1. The van der Waals surface area contributed by atoms with Crippen LogP contribution in [0, 0.1) is 11.8 Å². The van der Waals surface area contributed by atoms with Crippen molar-refractivity contribution in [1.82, 2.24) is 4.90 Å². The number of likely N-dealkylation sites (tertiary alicyclic amines) is 1. The Bertz CT molecular complexity index is 461. The van der Waals surface area contributed by atoms with E-state index in [4.69, 9.17) is 17.3 Å². The van der Waals surface area contributed by atoms with E-state index in [0.29, 0.717) is 28.1 Å². The van der Waals surface area contributed by atoms with E-state index >= 15 is 0 Å². The molecule has 0 spiro atoms. The number of nitrogen functional groups attached to an aromatic ring is 1. The van der Waals surface area contributed by atoms with Gasteiger partial charge in [0, 0.05) is 18.7 Å². The van der Waals surface area contributed by atoms with Crippen molar-refractivity contribution >= 4 is 23.2 Å². The molecule has 1 aliphatic rings. The van der Waals surface area contributed by atoms with Gasteiger partial charge in [0.25, 0.3) is 5.91 Å². The zero-order valence-corrected chi connectivity index (χ0v) is 11.6. The molecule has 0 saturated carbocycles. The number of carbonyl (C=O) groups excluding carboxylic acids is 1. The van der Waals surface area contributed by atoms with Crippen LogP contribution in [0.25, 0.3) is 0 Å². The summed E-state index contributed by atoms with van der Waals surface area (Å²) in [5.74, 6) is 1.28. The summed E-state index contributed by atoms with van der Waals surface area (Å²) in [5.41, 5.74) is 6.78. The predicted molar refractivity (Wildman–Crippen MR) is 74.7 cm³/mol. The minimum Gasteiger partial charge on any atom is -0.398 e. The summed E-state index contributed by atoms with van der Waals surface area (Å²) in [6.45, 7) is 6.08. The highest BCUT2D eigenvalue weighted by Gasteiger charge is 2.26. The van der Waals surface area contributed by atoms with E-state index in [0.717, 1.165) is 19.5 Å². The van der Waals surface area contributed by atoms with Crippen LogP contribution >= 0.6 is 11.6 Å². The number of halogens is 1. The van der Waals surface area contributed by atoms with Gasteiger partial charge in [-0.05, 0) is 36.5 Å². The molecule has 0 aliphatic carbocycles. The van der Waals surface area contributed by atoms with Crippen LogP contribution in [-0.2, 0) is 0 Å². The number of carbonyl (C=O) groups is 1. The van der Waals surface area contributed by atoms with Gasteiger partial charge in [-0.25, -0.2) is 0 Å². The van der Waals surface area contributed by atoms with Crippen molar-refractivity contribution in [2.45, 2.75) is 20.3 Å². The normalized spacial score (nSPS) is 24.1. The lowest BCUT2D eigenvalue weighted by molar-refractivity contribution is 0.0627. The van der Waals surface area contributed by atoms with Gasteiger partial charge in [-0.1, -0.05) is 25.4 Å². The summed E-state index contributed by atoms with van der Waals surface area (Å²) in [4.78, 5) is 14.3. The maximum atomic E-state index is 12.3. The number of nitrogens with zero attached hydrogens (tertiary/aromatic N) is 1. The molecule has 1 fully saturated rings. The average Bonchev–Trinajstić information content (AvgIpc) is 2.35. The predicted octanol–water partition coefficient (Wildman–Crippen LogP) is 3.04. The highest BCUT2D eigenvalue weighted by Crippen LogP contribution is 2.25. The maximum Gasteiger partial charge on any atom is 0.253 e. The molecule has 1 amide bonds. The van der Waals surface area contributed by atoms with E-state index in [1.54, 1.807) is 18.2 Å². The monoisotopic (exact) mass is 266 g/mol. The summed E-state index contributed by atoms with van der Waals surface area (Å²) in [5, 5.41) is 0.444. The van der Waals surface area contributed by atoms with Crippen molar-refractivity contribution < 1.29 is 4.79 Å². The maximum absolute atomic E-state index is 12.3. The second-order valence-electron chi connectivity index (χ2n) is 5.23. The molecule has 2 N–H and O–H groups in total. The van der Waals surface area contributed by atoms with Crippen LogP contribution < -0.4 is 5.73 Å². The number of benzene rings is 1. The van der Waals surface area contributed by atoms with E-state index in [9.17, 15) is 4.79 Å². The first-order chi connectivity index (χ1) is 8.49. The first-order valence-corrected chi connectivity index (χ1v) is 6.71. The topological polar surface area (TPSA) is 46.3 Å². The zero-order chi connectivity index (χ0) is 13.3. The molecular formula is C14H19ClN2O. The van der Waals surface area contributed by atoms with Crippen LogP contribution in [0.15, 0.2) is 18.2 Å². The Labute approximate surface area is 113 Å². The van der Waals surface area contributed by atoms with Crippen LogP contribution in [0.5, 0.6) is 0 Å².